The molecule has 1 aliphatic rings. The van der Waals surface area contributed by atoms with Crippen molar-refractivity contribution in [3.05, 3.63) is 47.0 Å². The molecule has 7 heteroatoms. The van der Waals surface area contributed by atoms with E-state index in [4.69, 9.17) is 0 Å². The summed E-state index contributed by atoms with van der Waals surface area (Å²) in [5.41, 5.74) is 1.09. The van der Waals surface area contributed by atoms with E-state index in [2.05, 4.69) is 46.0 Å². The molecule has 0 radical (unpaired) electrons. The Morgan fingerprint density at radius 3 is 2.52 bits per heavy atom. The van der Waals surface area contributed by atoms with Gasteiger partial charge in [0.15, 0.2) is 0 Å². The third-order valence-corrected chi connectivity index (χ3v) is 4.31. The fourth-order valence-corrected chi connectivity index (χ4v) is 2.80. The number of rotatable bonds is 6. The van der Waals surface area contributed by atoms with Crippen LogP contribution in [0.2, 0.25) is 0 Å². The van der Waals surface area contributed by atoms with E-state index in [1.165, 1.54) is 0 Å². The number of nitrogens with one attached hydrogen (secondary N) is 1. The number of anilines is 1. The van der Waals surface area contributed by atoms with Crippen molar-refractivity contribution < 1.29 is 0 Å². The van der Waals surface area contributed by atoms with E-state index in [-0.39, 0.29) is 0 Å². The first kappa shape index (κ1) is 16.3. The Labute approximate surface area is 145 Å². The van der Waals surface area contributed by atoms with Crippen molar-refractivity contribution >= 4 is 21.9 Å². The molecular weight excluding hydrogens is 356 g/mol. The zero-order chi connectivity index (χ0) is 15.9. The Hall–Kier alpha value is -1.57. The second kappa shape index (κ2) is 8.33. The first-order chi connectivity index (χ1) is 11.3. The summed E-state index contributed by atoms with van der Waals surface area (Å²) in [5, 5.41) is 3.45. The maximum atomic E-state index is 4.37. The zero-order valence-electron chi connectivity index (χ0n) is 13.0. The van der Waals surface area contributed by atoms with Gasteiger partial charge >= 0.3 is 0 Å². The lowest BCUT2D eigenvalue weighted by Crippen LogP contribution is -2.48. The Bertz CT molecular complexity index is 583. The summed E-state index contributed by atoms with van der Waals surface area (Å²) in [4.78, 5) is 17.8. The number of piperazine rings is 1. The van der Waals surface area contributed by atoms with Gasteiger partial charge in [0.1, 0.15) is 0 Å². The van der Waals surface area contributed by atoms with Crippen molar-refractivity contribution in [2.75, 3.05) is 44.2 Å². The van der Waals surface area contributed by atoms with Gasteiger partial charge in [-0.25, -0.2) is 9.97 Å². The molecule has 0 atom stereocenters. The molecule has 0 aromatic carbocycles. The largest absolute Gasteiger partial charge is 0.338 e. The molecule has 1 fully saturated rings. The summed E-state index contributed by atoms with van der Waals surface area (Å²) in [7, 11) is 0. The predicted molar refractivity (Wildman–Crippen MR) is 94.3 cm³/mol. The Morgan fingerprint density at radius 2 is 1.83 bits per heavy atom. The third-order valence-electron chi connectivity index (χ3n) is 3.90. The van der Waals surface area contributed by atoms with Crippen molar-refractivity contribution in [2.24, 2.45) is 0 Å². The lowest BCUT2D eigenvalue weighted by atomic mass is 10.3. The summed E-state index contributed by atoms with van der Waals surface area (Å²) in [6.07, 6.45) is 5.44. The van der Waals surface area contributed by atoms with Gasteiger partial charge in [0.05, 0.1) is 10.2 Å². The van der Waals surface area contributed by atoms with Crippen molar-refractivity contribution in [2.45, 2.75) is 6.54 Å². The van der Waals surface area contributed by atoms with Crippen LogP contribution in [0.4, 0.5) is 5.95 Å². The first-order valence-corrected chi connectivity index (χ1v) is 8.66. The summed E-state index contributed by atoms with van der Waals surface area (Å²) >= 11 is 3.37. The Balaban J connectivity index is 1.35. The molecule has 122 valence electrons. The van der Waals surface area contributed by atoms with E-state index < -0.39 is 0 Å². The maximum Gasteiger partial charge on any atom is 0.225 e. The Morgan fingerprint density at radius 1 is 1.04 bits per heavy atom. The molecule has 23 heavy (non-hydrogen) atoms. The van der Waals surface area contributed by atoms with Crippen LogP contribution < -0.4 is 10.2 Å². The summed E-state index contributed by atoms with van der Waals surface area (Å²) in [6, 6.07) is 6.01. The fraction of sp³-hybridized carbons (Fsp3) is 0.438. The molecule has 0 unspecified atom stereocenters. The number of aromatic nitrogens is 3. The maximum absolute atomic E-state index is 4.37. The molecular formula is C16H21BrN6. The normalized spacial score (nSPS) is 15.8. The van der Waals surface area contributed by atoms with Crippen LogP contribution in [-0.4, -0.2) is 59.1 Å². The highest BCUT2D eigenvalue weighted by molar-refractivity contribution is 9.10. The van der Waals surface area contributed by atoms with Gasteiger partial charge in [-0.2, -0.15) is 0 Å². The predicted octanol–water partition coefficient (Wildman–Crippen LogP) is 1.55. The molecule has 0 spiro atoms. The van der Waals surface area contributed by atoms with E-state index in [1.54, 1.807) is 12.4 Å². The van der Waals surface area contributed by atoms with Gasteiger partial charge in [-0.3, -0.25) is 9.88 Å². The standard InChI is InChI=1S/C16H21BrN6/c17-14-11-20-16(21-12-14)23-9-7-22(8-10-23)6-5-18-13-15-3-1-2-4-19-15/h1-4,11-12,18H,5-10,13H2. The lowest BCUT2D eigenvalue weighted by molar-refractivity contribution is 0.256. The molecule has 1 N–H and O–H groups in total. The van der Waals surface area contributed by atoms with Gasteiger partial charge in [0.2, 0.25) is 5.95 Å². The van der Waals surface area contributed by atoms with Crippen molar-refractivity contribution in [1.29, 1.82) is 0 Å². The van der Waals surface area contributed by atoms with Crippen LogP contribution >= 0.6 is 15.9 Å². The third kappa shape index (κ3) is 4.95. The highest BCUT2D eigenvalue weighted by Crippen LogP contribution is 2.13. The van der Waals surface area contributed by atoms with Crippen LogP contribution in [0.5, 0.6) is 0 Å². The van der Waals surface area contributed by atoms with Crippen LogP contribution in [0, 0.1) is 0 Å². The molecule has 3 rings (SSSR count). The van der Waals surface area contributed by atoms with Crippen molar-refractivity contribution in [3.63, 3.8) is 0 Å². The molecule has 1 saturated heterocycles. The number of nitrogens with zero attached hydrogens (tertiary/aromatic N) is 5. The minimum atomic E-state index is 0.820. The topological polar surface area (TPSA) is 57.2 Å². The lowest BCUT2D eigenvalue weighted by Gasteiger charge is -2.34. The summed E-state index contributed by atoms with van der Waals surface area (Å²) < 4.78 is 0.916. The smallest absolute Gasteiger partial charge is 0.225 e. The first-order valence-electron chi connectivity index (χ1n) is 7.87. The van der Waals surface area contributed by atoms with Gasteiger partial charge in [-0.05, 0) is 28.1 Å². The average Bonchev–Trinajstić information content (AvgIpc) is 2.61. The van der Waals surface area contributed by atoms with Crippen molar-refractivity contribution in [3.8, 4) is 0 Å². The molecule has 6 nitrogen and oxygen atoms in total. The molecule has 2 aromatic heterocycles. The van der Waals surface area contributed by atoms with Gasteiger partial charge in [-0.1, -0.05) is 6.07 Å². The van der Waals surface area contributed by atoms with Crippen LogP contribution in [0.15, 0.2) is 41.3 Å². The zero-order valence-corrected chi connectivity index (χ0v) is 14.6. The monoisotopic (exact) mass is 376 g/mol. The van der Waals surface area contributed by atoms with Crippen LogP contribution in [0.1, 0.15) is 5.69 Å². The van der Waals surface area contributed by atoms with Crippen LogP contribution in [0.3, 0.4) is 0 Å². The van der Waals surface area contributed by atoms with Gasteiger partial charge in [-0.15, -0.1) is 0 Å². The molecule has 3 heterocycles. The number of hydrogen-bond acceptors (Lipinski definition) is 6. The number of pyridine rings is 1. The minimum Gasteiger partial charge on any atom is -0.338 e. The minimum absolute atomic E-state index is 0.820. The summed E-state index contributed by atoms with van der Waals surface area (Å²) in [5.74, 6) is 0.820. The van der Waals surface area contributed by atoms with E-state index in [1.807, 2.05) is 24.4 Å². The van der Waals surface area contributed by atoms with Crippen LogP contribution in [-0.2, 0) is 6.54 Å². The van der Waals surface area contributed by atoms with Crippen molar-refractivity contribution in [1.82, 2.24) is 25.2 Å². The molecule has 0 saturated carbocycles. The molecule has 1 aliphatic heterocycles. The second-order valence-corrected chi connectivity index (χ2v) is 6.44. The van der Waals surface area contributed by atoms with Gasteiger partial charge < -0.3 is 10.2 Å². The highest BCUT2D eigenvalue weighted by Gasteiger charge is 2.18. The van der Waals surface area contributed by atoms with Gasteiger partial charge in [0.25, 0.3) is 0 Å². The fourth-order valence-electron chi connectivity index (χ4n) is 2.60. The van der Waals surface area contributed by atoms with Crippen LogP contribution in [0.25, 0.3) is 0 Å². The van der Waals surface area contributed by atoms with E-state index in [0.29, 0.717) is 0 Å². The number of hydrogen-bond donors (Lipinski definition) is 1. The Kier molecular flexibility index (Phi) is 5.90. The van der Waals surface area contributed by atoms with E-state index in [0.717, 1.165) is 61.9 Å². The van der Waals surface area contributed by atoms with E-state index in [9.17, 15) is 0 Å². The van der Waals surface area contributed by atoms with E-state index >= 15 is 0 Å². The molecule has 2 aromatic rings. The average molecular weight is 377 g/mol. The molecule has 0 aliphatic carbocycles. The second-order valence-electron chi connectivity index (χ2n) is 5.53. The highest BCUT2D eigenvalue weighted by atomic mass is 79.9. The quantitative estimate of drug-likeness (QED) is 0.771. The number of halogens is 1. The summed E-state index contributed by atoms with van der Waals surface area (Å²) in [6.45, 7) is 6.90. The SMILES string of the molecule is Brc1cnc(N2CCN(CCNCc3ccccn3)CC2)nc1. The molecule has 0 bridgehead atoms. The van der Waals surface area contributed by atoms with Gasteiger partial charge in [0, 0.05) is 64.4 Å². The molecule has 0 amide bonds.